The summed E-state index contributed by atoms with van der Waals surface area (Å²) in [6, 6.07) is 0. The number of fused-ring (bicyclic) bond motifs is 1. The highest BCUT2D eigenvalue weighted by atomic mass is 79.9. The van der Waals surface area contributed by atoms with Crippen LogP contribution in [0.1, 0.15) is 13.2 Å². The van der Waals surface area contributed by atoms with Crippen LogP contribution in [0.25, 0.3) is 11.0 Å². The Labute approximate surface area is 127 Å². The molecule has 9 heteroatoms. The predicted octanol–water partition coefficient (Wildman–Crippen LogP) is 0.755. The molecule has 1 saturated heterocycles. The molecule has 3 heterocycles. The summed E-state index contributed by atoms with van der Waals surface area (Å²) >= 11 is 3.33. The minimum absolute atomic E-state index is 0.253. The van der Waals surface area contributed by atoms with Gasteiger partial charge < -0.3 is 25.3 Å². The Morgan fingerprint density at radius 2 is 2.29 bits per heavy atom. The lowest BCUT2D eigenvalue weighted by atomic mass is 9.98. The fourth-order valence-electron chi connectivity index (χ4n) is 2.60. The smallest absolute Gasteiger partial charge is 0.181 e. The Morgan fingerprint density at radius 3 is 2.90 bits per heavy atom. The first-order chi connectivity index (χ1) is 9.87. The van der Waals surface area contributed by atoms with E-state index in [1.165, 1.54) is 17.8 Å². The Bertz CT molecular complexity index is 692. The summed E-state index contributed by atoms with van der Waals surface area (Å²) in [5.74, 6) is 0.253. The monoisotopic (exact) mass is 360 g/mol. The van der Waals surface area contributed by atoms with Crippen LogP contribution in [0, 0.1) is 0 Å². The standard InChI is InChI=1S/C12H14BrFN4O3/c1-12(14)8(20)6(3-19)21-11(12)18-2-5(13)7-9(15)16-4-17-10(7)18/h2,4,6,8,11,19-20H,3H2,1H3,(H2,15,16,17)/t6-,8-,11-,12-/m1/s1. The third-order valence-corrected chi connectivity index (χ3v) is 4.34. The molecule has 7 nitrogen and oxygen atoms in total. The van der Waals surface area contributed by atoms with Gasteiger partial charge in [0.2, 0.25) is 0 Å². The molecule has 4 N–H and O–H groups in total. The molecular formula is C12H14BrFN4O3. The number of hydrogen-bond acceptors (Lipinski definition) is 6. The van der Waals surface area contributed by atoms with Gasteiger partial charge in [-0.1, -0.05) is 0 Å². The van der Waals surface area contributed by atoms with Gasteiger partial charge in [0.15, 0.2) is 11.9 Å². The van der Waals surface area contributed by atoms with Crippen LogP contribution < -0.4 is 5.73 Å². The number of anilines is 1. The SMILES string of the molecule is C[C@@]1(F)[C@H](O)[C@@H](CO)O[C@H]1n1cc(Br)c2c(N)ncnc21. The maximum Gasteiger partial charge on any atom is 0.181 e. The van der Waals surface area contributed by atoms with Gasteiger partial charge in [-0.15, -0.1) is 0 Å². The molecule has 0 unspecified atom stereocenters. The Morgan fingerprint density at radius 1 is 1.57 bits per heavy atom. The lowest BCUT2D eigenvalue weighted by Gasteiger charge is -2.25. The molecule has 0 spiro atoms. The normalized spacial score (nSPS) is 32.9. The van der Waals surface area contributed by atoms with Gasteiger partial charge >= 0.3 is 0 Å². The fourth-order valence-corrected chi connectivity index (χ4v) is 3.20. The van der Waals surface area contributed by atoms with Gasteiger partial charge in [-0.05, 0) is 22.9 Å². The average molecular weight is 361 g/mol. The van der Waals surface area contributed by atoms with Crippen molar-refractivity contribution in [1.82, 2.24) is 14.5 Å². The number of aromatic nitrogens is 3. The lowest BCUT2D eigenvalue weighted by molar-refractivity contribution is -0.0564. The van der Waals surface area contributed by atoms with Crippen LogP contribution in [0.2, 0.25) is 0 Å². The van der Waals surface area contributed by atoms with E-state index in [1.807, 2.05) is 0 Å². The predicted molar refractivity (Wildman–Crippen MR) is 76.2 cm³/mol. The number of ether oxygens (including phenoxy) is 1. The number of nitrogens with zero attached hydrogens (tertiary/aromatic N) is 3. The molecule has 0 aromatic carbocycles. The summed E-state index contributed by atoms with van der Waals surface area (Å²) in [7, 11) is 0. The molecule has 0 amide bonds. The quantitative estimate of drug-likeness (QED) is 0.729. The lowest BCUT2D eigenvalue weighted by Crippen LogP contribution is -2.40. The number of rotatable bonds is 2. The van der Waals surface area contributed by atoms with Crippen LogP contribution >= 0.6 is 15.9 Å². The molecule has 4 atom stereocenters. The van der Waals surface area contributed by atoms with E-state index in [9.17, 15) is 14.6 Å². The topological polar surface area (TPSA) is 106 Å². The highest BCUT2D eigenvalue weighted by Gasteiger charge is 2.55. The highest BCUT2D eigenvalue weighted by molar-refractivity contribution is 9.10. The summed E-state index contributed by atoms with van der Waals surface area (Å²) in [6.45, 7) is 0.747. The van der Waals surface area contributed by atoms with Crippen molar-refractivity contribution in [2.24, 2.45) is 0 Å². The summed E-state index contributed by atoms with van der Waals surface area (Å²) < 4.78 is 22.3. The average Bonchev–Trinajstić information content (AvgIpc) is 2.87. The molecule has 0 radical (unpaired) electrons. The number of nitrogen functional groups attached to an aromatic ring is 1. The van der Waals surface area contributed by atoms with Gasteiger partial charge in [0.25, 0.3) is 0 Å². The molecular weight excluding hydrogens is 347 g/mol. The molecule has 1 aliphatic heterocycles. The zero-order chi connectivity index (χ0) is 15.4. The van der Waals surface area contributed by atoms with E-state index in [1.54, 1.807) is 6.20 Å². The Hall–Kier alpha value is -1.29. The van der Waals surface area contributed by atoms with Crippen molar-refractivity contribution >= 4 is 32.8 Å². The maximum atomic E-state index is 14.8. The van der Waals surface area contributed by atoms with E-state index in [-0.39, 0.29) is 5.82 Å². The molecule has 2 aromatic rings. The van der Waals surface area contributed by atoms with Crippen LogP contribution in [0.4, 0.5) is 10.2 Å². The van der Waals surface area contributed by atoms with Gasteiger partial charge in [0.05, 0.1) is 12.0 Å². The fraction of sp³-hybridized carbons (Fsp3) is 0.500. The van der Waals surface area contributed by atoms with Crippen LogP contribution in [0.5, 0.6) is 0 Å². The second kappa shape index (κ2) is 4.87. The molecule has 1 fully saturated rings. The van der Waals surface area contributed by atoms with Crippen LogP contribution in [-0.4, -0.2) is 49.2 Å². The first kappa shape index (κ1) is 14.6. The van der Waals surface area contributed by atoms with Crippen LogP contribution in [-0.2, 0) is 4.74 Å². The molecule has 21 heavy (non-hydrogen) atoms. The van der Waals surface area contributed by atoms with Gasteiger partial charge in [-0.2, -0.15) is 0 Å². The first-order valence-corrected chi connectivity index (χ1v) is 7.07. The van der Waals surface area contributed by atoms with E-state index in [4.69, 9.17) is 10.5 Å². The summed E-state index contributed by atoms with van der Waals surface area (Å²) in [5, 5.41) is 19.7. The Kier molecular flexibility index (Phi) is 3.40. The van der Waals surface area contributed by atoms with Crippen molar-refractivity contribution in [2.75, 3.05) is 12.3 Å². The minimum atomic E-state index is -2.08. The van der Waals surface area contributed by atoms with Gasteiger partial charge in [-0.25, -0.2) is 14.4 Å². The number of halogens is 2. The zero-order valence-electron chi connectivity index (χ0n) is 11.1. The summed E-state index contributed by atoms with van der Waals surface area (Å²) in [5.41, 5.74) is 4.10. The second-order valence-corrected chi connectivity index (χ2v) is 6.00. The molecule has 0 saturated carbocycles. The van der Waals surface area contributed by atoms with Crippen molar-refractivity contribution in [1.29, 1.82) is 0 Å². The third kappa shape index (κ3) is 2.03. The summed E-state index contributed by atoms with van der Waals surface area (Å²) in [6.07, 6.45) is -0.730. The van der Waals surface area contributed by atoms with E-state index in [0.29, 0.717) is 15.5 Å². The van der Waals surface area contributed by atoms with Crippen molar-refractivity contribution in [2.45, 2.75) is 31.0 Å². The van der Waals surface area contributed by atoms with Gasteiger partial charge in [0, 0.05) is 10.7 Å². The third-order valence-electron chi connectivity index (χ3n) is 3.74. The van der Waals surface area contributed by atoms with Gasteiger partial charge in [0.1, 0.15) is 30.0 Å². The number of alkyl halides is 1. The molecule has 2 aromatic heterocycles. The molecule has 114 valence electrons. The van der Waals surface area contributed by atoms with Gasteiger partial charge in [-0.3, -0.25) is 0 Å². The molecule has 3 rings (SSSR count). The number of nitrogens with two attached hydrogens (primary N) is 1. The molecule has 0 bridgehead atoms. The highest BCUT2D eigenvalue weighted by Crippen LogP contribution is 2.43. The van der Waals surface area contributed by atoms with Crippen molar-refractivity contribution in [3.63, 3.8) is 0 Å². The number of hydrogen-bond donors (Lipinski definition) is 3. The number of aliphatic hydroxyl groups excluding tert-OH is 2. The maximum absolute atomic E-state index is 14.8. The first-order valence-electron chi connectivity index (χ1n) is 6.27. The largest absolute Gasteiger partial charge is 0.394 e. The van der Waals surface area contributed by atoms with E-state index in [2.05, 4.69) is 25.9 Å². The van der Waals surface area contributed by atoms with E-state index < -0.39 is 30.7 Å². The van der Waals surface area contributed by atoms with Crippen LogP contribution in [0.3, 0.4) is 0 Å². The molecule has 1 aliphatic rings. The van der Waals surface area contributed by atoms with Crippen LogP contribution in [0.15, 0.2) is 17.0 Å². The zero-order valence-corrected chi connectivity index (χ0v) is 12.7. The second-order valence-electron chi connectivity index (χ2n) is 5.15. The van der Waals surface area contributed by atoms with Crippen molar-refractivity contribution in [3.05, 3.63) is 17.0 Å². The van der Waals surface area contributed by atoms with E-state index in [0.717, 1.165) is 0 Å². The summed E-state index contributed by atoms with van der Waals surface area (Å²) in [4.78, 5) is 7.99. The number of aliphatic hydroxyl groups is 2. The van der Waals surface area contributed by atoms with E-state index >= 15 is 0 Å². The Balaban J connectivity index is 2.15. The minimum Gasteiger partial charge on any atom is -0.394 e. The van der Waals surface area contributed by atoms with Crippen molar-refractivity contribution in [3.8, 4) is 0 Å². The van der Waals surface area contributed by atoms with Crippen molar-refractivity contribution < 1.29 is 19.3 Å². The molecule has 0 aliphatic carbocycles.